The second kappa shape index (κ2) is 27.7. The van der Waals surface area contributed by atoms with Crippen molar-refractivity contribution < 1.29 is 57.2 Å². The molecular formula is C40H48N4O12S2. The first kappa shape index (κ1) is 46.5. The van der Waals surface area contributed by atoms with E-state index in [2.05, 4.69) is 27.8 Å². The lowest BCUT2D eigenvalue weighted by Crippen LogP contribution is -2.31. The van der Waals surface area contributed by atoms with Gasteiger partial charge in [-0.2, -0.15) is 11.8 Å². The lowest BCUT2D eigenvalue weighted by atomic mass is 10.3. The standard InChI is InChI=1S/C40H48N4O12S2/c1-3-5-9-19-53-37(47)41-30-13-11-15-32(26-30)44-40(50)56-33(28-57-23-18-36(46)52-22-24-58-34-16-7-6-8-17-34)27-55-39(49)43-31-14-10-12-29(25-31)42-38(48)54-21-20-51-35(45)4-2/h4,6-8,10-17,25-26,33H,2-3,5,9,18-24,27-28H2,1H3,(H,41,47)(H,42,48)(H,43,49)(H,44,50). The lowest BCUT2D eigenvalue weighted by Gasteiger charge is -2.18. The number of carbonyl (C=O) groups is 6. The van der Waals surface area contributed by atoms with Gasteiger partial charge in [0.15, 0.2) is 0 Å². The van der Waals surface area contributed by atoms with Gasteiger partial charge in [0, 0.05) is 51.0 Å². The Kier molecular flexibility index (Phi) is 22.2. The largest absolute Gasteiger partial charge is 0.465 e. The molecule has 0 heterocycles. The van der Waals surface area contributed by atoms with Crippen LogP contribution in [0, 0.1) is 0 Å². The topological polar surface area (TPSA) is 206 Å². The van der Waals surface area contributed by atoms with Crippen LogP contribution in [0.25, 0.3) is 0 Å². The van der Waals surface area contributed by atoms with Crippen LogP contribution < -0.4 is 21.3 Å². The quantitative estimate of drug-likeness (QED) is 0.0220. The number of hydrogen-bond donors (Lipinski definition) is 4. The molecule has 4 amide bonds. The number of carbonyl (C=O) groups excluding carboxylic acids is 6. The third-order valence-corrected chi connectivity index (χ3v) is 9.28. The van der Waals surface area contributed by atoms with Crippen molar-refractivity contribution in [3.63, 3.8) is 0 Å². The molecule has 0 saturated heterocycles. The maximum Gasteiger partial charge on any atom is 0.412 e. The summed E-state index contributed by atoms with van der Waals surface area (Å²) in [5.41, 5.74) is 1.27. The summed E-state index contributed by atoms with van der Waals surface area (Å²) in [5, 5.41) is 10.3. The summed E-state index contributed by atoms with van der Waals surface area (Å²) < 4.78 is 31.2. The second-order valence-electron chi connectivity index (χ2n) is 11.8. The van der Waals surface area contributed by atoms with Gasteiger partial charge in [0.1, 0.15) is 32.5 Å². The van der Waals surface area contributed by atoms with Crippen LogP contribution in [-0.4, -0.2) is 92.7 Å². The fourth-order valence-electron chi connectivity index (χ4n) is 4.52. The highest BCUT2D eigenvalue weighted by atomic mass is 32.2. The van der Waals surface area contributed by atoms with Crippen molar-refractivity contribution in [3.05, 3.63) is 91.5 Å². The Hall–Kier alpha value is -5.88. The van der Waals surface area contributed by atoms with Gasteiger partial charge in [-0.05, 0) is 55.0 Å². The maximum atomic E-state index is 13.0. The Balaban J connectivity index is 1.51. The zero-order valence-corrected chi connectivity index (χ0v) is 33.7. The summed E-state index contributed by atoms with van der Waals surface area (Å²) in [6.07, 6.45) is -0.318. The van der Waals surface area contributed by atoms with E-state index in [1.54, 1.807) is 48.2 Å². The van der Waals surface area contributed by atoms with Gasteiger partial charge < -0.3 is 28.4 Å². The summed E-state index contributed by atoms with van der Waals surface area (Å²) >= 11 is 2.88. The zero-order chi connectivity index (χ0) is 41.8. The fraction of sp³-hybridized carbons (Fsp3) is 0.350. The van der Waals surface area contributed by atoms with Gasteiger partial charge in [-0.25, -0.2) is 24.0 Å². The number of hydrogen-bond acceptors (Lipinski definition) is 14. The SMILES string of the molecule is C=CC(=O)OCCOC(=O)Nc1cccc(NC(=O)OCC(CSCCC(=O)OCCSc2ccccc2)OC(=O)Nc2cccc(NC(=O)OCCCCC)c2)c1. The van der Waals surface area contributed by atoms with Crippen LogP contribution in [0.2, 0.25) is 0 Å². The monoisotopic (exact) mass is 840 g/mol. The molecule has 0 fully saturated rings. The summed E-state index contributed by atoms with van der Waals surface area (Å²) in [5.74, 6) is 0.106. The van der Waals surface area contributed by atoms with Crippen LogP contribution in [-0.2, 0) is 38.0 Å². The van der Waals surface area contributed by atoms with E-state index in [1.807, 2.05) is 37.3 Å². The van der Waals surface area contributed by atoms with E-state index in [-0.39, 0.29) is 62.6 Å². The first-order valence-electron chi connectivity index (χ1n) is 18.3. The number of rotatable bonds is 24. The molecule has 1 unspecified atom stereocenters. The molecule has 0 aliphatic carbocycles. The highest BCUT2D eigenvalue weighted by molar-refractivity contribution is 7.99. The first-order chi connectivity index (χ1) is 28.1. The van der Waals surface area contributed by atoms with Crippen molar-refractivity contribution >= 4 is 82.6 Å². The zero-order valence-electron chi connectivity index (χ0n) is 32.1. The van der Waals surface area contributed by atoms with Gasteiger partial charge >= 0.3 is 36.3 Å². The van der Waals surface area contributed by atoms with E-state index in [0.717, 1.165) is 30.2 Å². The Morgan fingerprint density at radius 2 is 1.21 bits per heavy atom. The Morgan fingerprint density at radius 1 is 0.638 bits per heavy atom. The summed E-state index contributed by atoms with van der Waals surface area (Å²) in [6, 6.07) is 22.3. The normalized spacial score (nSPS) is 10.8. The molecule has 0 aliphatic rings. The van der Waals surface area contributed by atoms with Gasteiger partial charge in [-0.3, -0.25) is 26.1 Å². The number of ether oxygens (including phenoxy) is 6. The predicted octanol–water partition coefficient (Wildman–Crippen LogP) is 8.33. The van der Waals surface area contributed by atoms with E-state index in [4.69, 9.17) is 28.4 Å². The van der Waals surface area contributed by atoms with E-state index in [1.165, 1.54) is 23.9 Å². The maximum absolute atomic E-state index is 13.0. The molecule has 0 saturated carbocycles. The molecule has 3 rings (SSSR count). The number of thioether (sulfide) groups is 2. The highest BCUT2D eigenvalue weighted by Crippen LogP contribution is 2.19. The average Bonchev–Trinajstić information content (AvgIpc) is 3.21. The van der Waals surface area contributed by atoms with Gasteiger partial charge in [-0.15, -0.1) is 11.8 Å². The fourth-order valence-corrected chi connectivity index (χ4v) is 6.18. The van der Waals surface area contributed by atoms with Crippen molar-refractivity contribution in [3.8, 4) is 0 Å². The summed E-state index contributed by atoms with van der Waals surface area (Å²) in [7, 11) is 0. The van der Waals surface area contributed by atoms with Crippen molar-refractivity contribution in [2.75, 3.05) is 71.6 Å². The van der Waals surface area contributed by atoms with Gasteiger partial charge in [0.2, 0.25) is 0 Å². The summed E-state index contributed by atoms with van der Waals surface area (Å²) in [6.45, 7) is 5.18. The predicted molar refractivity (Wildman–Crippen MR) is 222 cm³/mol. The minimum Gasteiger partial charge on any atom is -0.465 e. The van der Waals surface area contributed by atoms with Crippen molar-refractivity contribution in [1.29, 1.82) is 0 Å². The van der Waals surface area contributed by atoms with Crippen molar-refractivity contribution in [1.82, 2.24) is 0 Å². The molecule has 18 heteroatoms. The van der Waals surface area contributed by atoms with E-state index in [9.17, 15) is 28.8 Å². The van der Waals surface area contributed by atoms with Crippen LogP contribution in [0.3, 0.4) is 0 Å². The third-order valence-electron chi connectivity index (χ3n) is 7.21. The van der Waals surface area contributed by atoms with Gasteiger partial charge in [0.25, 0.3) is 0 Å². The molecule has 0 aliphatic heterocycles. The smallest absolute Gasteiger partial charge is 0.412 e. The van der Waals surface area contributed by atoms with E-state index in [0.29, 0.717) is 22.9 Å². The number of amides is 4. The minimum atomic E-state index is -0.943. The molecule has 0 radical (unpaired) electrons. The second-order valence-corrected chi connectivity index (χ2v) is 14.2. The molecule has 3 aromatic carbocycles. The molecule has 16 nitrogen and oxygen atoms in total. The number of esters is 2. The Morgan fingerprint density at radius 3 is 1.81 bits per heavy atom. The van der Waals surface area contributed by atoms with Crippen LogP contribution >= 0.6 is 23.5 Å². The molecule has 0 aromatic heterocycles. The van der Waals surface area contributed by atoms with Gasteiger partial charge in [-0.1, -0.05) is 56.7 Å². The van der Waals surface area contributed by atoms with E-state index >= 15 is 0 Å². The van der Waals surface area contributed by atoms with Crippen molar-refractivity contribution in [2.24, 2.45) is 0 Å². The highest BCUT2D eigenvalue weighted by Gasteiger charge is 2.19. The van der Waals surface area contributed by atoms with E-state index < -0.39 is 36.4 Å². The van der Waals surface area contributed by atoms with Crippen LogP contribution in [0.5, 0.6) is 0 Å². The summed E-state index contributed by atoms with van der Waals surface area (Å²) in [4.78, 5) is 74.5. The van der Waals surface area contributed by atoms with Gasteiger partial charge in [0.05, 0.1) is 13.0 Å². The lowest BCUT2D eigenvalue weighted by molar-refractivity contribution is -0.142. The number of unbranched alkanes of at least 4 members (excludes halogenated alkanes) is 2. The molecule has 3 aromatic rings. The molecule has 0 spiro atoms. The minimum absolute atomic E-state index is 0.114. The molecule has 0 bridgehead atoms. The van der Waals surface area contributed by atoms with Crippen molar-refractivity contribution in [2.45, 2.75) is 43.6 Å². The molecule has 1 atom stereocenters. The molecule has 58 heavy (non-hydrogen) atoms. The number of nitrogens with one attached hydrogen (secondary N) is 4. The first-order valence-corrected chi connectivity index (χ1v) is 20.5. The Labute approximate surface area is 345 Å². The average molecular weight is 841 g/mol. The third kappa shape index (κ3) is 20.9. The number of anilines is 4. The molecule has 312 valence electrons. The Bertz CT molecular complexity index is 1780. The van der Waals surface area contributed by atoms with Crippen LogP contribution in [0.15, 0.2) is 96.4 Å². The van der Waals surface area contributed by atoms with Crippen LogP contribution in [0.1, 0.15) is 32.6 Å². The van der Waals surface area contributed by atoms with Crippen LogP contribution in [0.4, 0.5) is 41.9 Å². The molecule has 4 N–H and O–H groups in total. The molecular weight excluding hydrogens is 793 g/mol. The number of benzene rings is 3.